The lowest BCUT2D eigenvalue weighted by molar-refractivity contribution is 0.397. The van der Waals surface area contributed by atoms with Crippen LogP contribution in [0.2, 0.25) is 0 Å². The standard InChI is InChI=1S/C8H11O3PS/c1-6-4-3-5-8(7(6)2)13-12(9,10)11/h3-5H,1-2H3,(H2,9,10,11). The molecule has 0 unspecified atom stereocenters. The van der Waals surface area contributed by atoms with Crippen LogP contribution in [0.4, 0.5) is 0 Å². The first-order valence-corrected chi connectivity index (χ1v) is 6.75. The van der Waals surface area contributed by atoms with Crippen LogP contribution in [0, 0.1) is 13.8 Å². The van der Waals surface area contributed by atoms with Crippen LogP contribution in [0.25, 0.3) is 0 Å². The lowest BCUT2D eigenvalue weighted by Crippen LogP contribution is -1.83. The summed E-state index contributed by atoms with van der Waals surface area (Å²) in [6, 6.07) is 5.42. The highest BCUT2D eigenvalue weighted by Gasteiger charge is 2.16. The number of hydrogen-bond donors (Lipinski definition) is 2. The van der Waals surface area contributed by atoms with Crippen molar-refractivity contribution in [3.8, 4) is 0 Å². The SMILES string of the molecule is Cc1cccc(SP(=O)(O)O)c1C. The highest BCUT2D eigenvalue weighted by atomic mass is 32.7. The van der Waals surface area contributed by atoms with E-state index in [1.165, 1.54) is 0 Å². The minimum absolute atomic E-state index is 0.608. The van der Waals surface area contributed by atoms with E-state index in [1.807, 2.05) is 19.9 Å². The second kappa shape index (κ2) is 3.84. The maximum atomic E-state index is 10.7. The lowest BCUT2D eigenvalue weighted by Gasteiger charge is -2.08. The summed E-state index contributed by atoms with van der Waals surface area (Å²) in [6.45, 7) is -0.247. The van der Waals surface area contributed by atoms with Gasteiger partial charge < -0.3 is 9.79 Å². The van der Waals surface area contributed by atoms with Crippen molar-refractivity contribution in [2.75, 3.05) is 0 Å². The average molecular weight is 218 g/mol. The molecule has 1 rings (SSSR count). The van der Waals surface area contributed by atoms with Gasteiger partial charge >= 0.3 is 6.80 Å². The maximum absolute atomic E-state index is 10.7. The normalized spacial score (nSPS) is 11.7. The Balaban J connectivity index is 3.03. The molecule has 0 aliphatic heterocycles. The van der Waals surface area contributed by atoms with Crippen molar-refractivity contribution < 1.29 is 14.4 Å². The molecule has 72 valence electrons. The van der Waals surface area contributed by atoms with Gasteiger partial charge in [-0.05, 0) is 42.4 Å². The molecule has 1 aromatic carbocycles. The van der Waals surface area contributed by atoms with Crippen molar-refractivity contribution in [2.45, 2.75) is 18.7 Å². The minimum Gasteiger partial charge on any atom is -0.316 e. The van der Waals surface area contributed by atoms with Gasteiger partial charge in [-0.25, -0.2) is 4.57 Å². The van der Waals surface area contributed by atoms with Crippen molar-refractivity contribution in [1.82, 2.24) is 0 Å². The maximum Gasteiger partial charge on any atom is 0.388 e. The van der Waals surface area contributed by atoms with Crippen molar-refractivity contribution >= 4 is 18.2 Å². The summed E-state index contributed by atoms with van der Waals surface area (Å²) in [5, 5.41) is 0. The van der Waals surface area contributed by atoms with E-state index >= 15 is 0 Å². The van der Waals surface area contributed by atoms with Gasteiger partial charge in [-0.3, -0.25) is 0 Å². The first-order chi connectivity index (χ1) is 5.90. The van der Waals surface area contributed by atoms with Gasteiger partial charge in [0.25, 0.3) is 0 Å². The van der Waals surface area contributed by atoms with Gasteiger partial charge in [0.1, 0.15) is 0 Å². The zero-order valence-corrected chi connectivity index (χ0v) is 9.10. The molecular formula is C8H11O3PS. The number of aryl methyl sites for hydroxylation is 1. The predicted molar refractivity (Wildman–Crippen MR) is 53.8 cm³/mol. The summed E-state index contributed by atoms with van der Waals surface area (Å²) in [4.78, 5) is 18.2. The Morgan fingerprint density at radius 2 is 1.92 bits per heavy atom. The van der Waals surface area contributed by atoms with Crippen LogP contribution in [-0.4, -0.2) is 9.79 Å². The van der Waals surface area contributed by atoms with E-state index in [0.717, 1.165) is 11.1 Å². The highest BCUT2D eigenvalue weighted by Crippen LogP contribution is 2.55. The molecule has 0 bridgehead atoms. The average Bonchev–Trinajstić information content (AvgIpc) is 1.96. The van der Waals surface area contributed by atoms with Gasteiger partial charge in [0, 0.05) is 4.90 Å². The zero-order chi connectivity index (χ0) is 10.1. The van der Waals surface area contributed by atoms with E-state index in [1.54, 1.807) is 12.1 Å². The van der Waals surface area contributed by atoms with Crippen molar-refractivity contribution in [3.05, 3.63) is 29.3 Å². The molecule has 3 nitrogen and oxygen atoms in total. The molecule has 0 aliphatic carbocycles. The molecular weight excluding hydrogens is 207 g/mol. The minimum atomic E-state index is -4.02. The van der Waals surface area contributed by atoms with Gasteiger partial charge in [-0.1, -0.05) is 12.1 Å². The summed E-state index contributed by atoms with van der Waals surface area (Å²) in [5.41, 5.74) is 1.97. The van der Waals surface area contributed by atoms with E-state index in [4.69, 9.17) is 9.79 Å². The van der Waals surface area contributed by atoms with Crippen LogP contribution in [0.5, 0.6) is 0 Å². The van der Waals surface area contributed by atoms with Gasteiger partial charge in [-0.15, -0.1) is 0 Å². The van der Waals surface area contributed by atoms with Crippen molar-refractivity contribution in [1.29, 1.82) is 0 Å². The third-order valence-corrected chi connectivity index (χ3v) is 3.95. The zero-order valence-electron chi connectivity index (χ0n) is 7.39. The molecule has 0 fully saturated rings. The Kier molecular flexibility index (Phi) is 3.19. The van der Waals surface area contributed by atoms with Gasteiger partial charge in [-0.2, -0.15) is 0 Å². The van der Waals surface area contributed by atoms with E-state index in [9.17, 15) is 4.57 Å². The molecule has 0 saturated carbocycles. The summed E-state index contributed by atoms with van der Waals surface area (Å²) in [7, 11) is 0. The molecule has 0 saturated heterocycles. The van der Waals surface area contributed by atoms with Crippen LogP contribution in [0.1, 0.15) is 11.1 Å². The first-order valence-electron chi connectivity index (χ1n) is 3.71. The van der Waals surface area contributed by atoms with Crippen LogP contribution >= 0.6 is 18.2 Å². The van der Waals surface area contributed by atoms with Crippen molar-refractivity contribution in [3.63, 3.8) is 0 Å². The van der Waals surface area contributed by atoms with Crippen LogP contribution in [0.3, 0.4) is 0 Å². The monoisotopic (exact) mass is 218 g/mol. The smallest absolute Gasteiger partial charge is 0.316 e. The number of benzene rings is 1. The second-order valence-electron chi connectivity index (χ2n) is 2.78. The fourth-order valence-electron chi connectivity index (χ4n) is 0.951. The van der Waals surface area contributed by atoms with Gasteiger partial charge in [0.2, 0.25) is 0 Å². The molecule has 0 radical (unpaired) electrons. The Morgan fingerprint density at radius 1 is 1.31 bits per heavy atom. The van der Waals surface area contributed by atoms with Crippen LogP contribution in [-0.2, 0) is 4.57 Å². The van der Waals surface area contributed by atoms with Crippen molar-refractivity contribution in [2.24, 2.45) is 0 Å². The fourth-order valence-corrected chi connectivity index (χ4v) is 3.01. The molecule has 1 aromatic rings. The summed E-state index contributed by atoms with van der Waals surface area (Å²) in [6.07, 6.45) is 0. The lowest BCUT2D eigenvalue weighted by atomic mass is 10.1. The molecule has 0 amide bonds. The summed E-state index contributed by atoms with van der Waals surface area (Å²) >= 11 is 0.608. The summed E-state index contributed by atoms with van der Waals surface area (Å²) < 4.78 is 10.7. The van der Waals surface area contributed by atoms with E-state index < -0.39 is 6.80 Å². The Labute approximate surface area is 81.1 Å². The Bertz CT molecular complexity index is 358. The molecule has 0 spiro atoms. The molecule has 5 heteroatoms. The molecule has 0 atom stereocenters. The topological polar surface area (TPSA) is 57.5 Å². The van der Waals surface area contributed by atoms with E-state index in [2.05, 4.69) is 0 Å². The first kappa shape index (κ1) is 10.8. The quantitative estimate of drug-likeness (QED) is 0.749. The third kappa shape index (κ3) is 3.16. The van der Waals surface area contributed by atoms with Gasteiger partial charge in [0.05, 0.1) is 0 Å². The number of hydrogen-bond acceptors (Lipinski definition) is 2. The largest absolute Gasteiger partial charge is 0.388 e. The predicted octanol–water partition coefficient (Wildman–Crippen LogP) is 2.49. The Hall–Kier alpha value is -0.280. The molecule has 0 aliphatic rings. The summed E-state index contributed by atoms with van der Waals surface area (Å²) in [5.74, 6) is 0. The van der Waals surface area contributed by atoms with Crippen LogP contribution in [0.15, 0.2) is 23.1 Å². The molecule has 0 heterocycles. The van der Waals surface area contributed by atoms with Crippen LogP contribution < -0.4 is 0 Å². The molecule has 13 heavy (non-hydrogen) atoms. The fraction of sp³-hybridized carbons (Fsp3) is 0.250. The molecule has 2 N–H and O–H groups in total. The number of rotatable bonds is 2. The van der Waals surface area contributed by atoms with E-state index in [0.29, 0.717) is 16.3 Å². The molecule has 0 aromatic heterocycles. The third-order valence-electron chi connectivity index (χ3n) is 1.77. The second-order valence-corrected chi connectivity index (χ2v) is 6.36. The Morgan fingerprint density at radius 3 is 2.46 bits per heavy atom. The van der Waals surface area contributed by atoms with Gasteiger partial charge in [0.15, 0.2) is 0 Å². The highest BCUT2D eigenvalue weighted by molar-refractivity contribution is 8.54. The van der Waals surface area contributed by atoms with E-state index in [-0.39, 0.29) is 0 Å².